The first-order valence-electron chi connectivity index (χ1n) is 11.1. The van der Waals surface area contributed by atoms with E-state index in [1.807, 2.05) is 66.9 Å². The molecule has 35 heavy (non-hydrogen) atoms. The minimum Gasteiger partial charge on any atom is -0.449 e. The molecule has 1 atom stereocenters. The molecular weight excluding hydrogens is 460 g/mol. The third-order valence-electron chi connectivity index (χ3n) is 5.50. The van der Waals surface area contributed by atoms with Crippen LogP contribution in [0.3, 0.4) is 0 Å². The third kappa shape index (κ3) is 4.97. The second-order valence-electron chi connectivity index (χ2n) is 8.12. The number of nitrogens with one attached hydrogen (secondary N) is 2. The number of ether oxygens (including phenoxy) is 1. The first-order chi connectivity index (χ1) is 17.0. The second kappa shape index (κ2) is 9.52. The average molecular weight is 483 g/mol. The van der Waals surface area contributed by atoms with Gasteiger partial charge in [-0.2, -0.15) is 0 Å². The number of hydrogen-bond donors (Lipinski definition) is 2. The number of anilines is 1. The molecule has 0 saturated heterocycles. The van der Waals surface area contributed by atoms with Crippen LogP contribution in [0, 0.1) is 6.92 Å². The van der Waals surface area contributed by atoms with Crippen LogP contribution in [0.15, 0.2) is 78.2 Å². The maximum Gasteiger partial charge on any atom is 0.338 e. The molecule has 1 amide bonds. The van der Waals surface area contributed by atoms with Gasteiger partial charge in [-0.05, 0) is 32.0 Å². The maximum absolute atomic E-state index is 12.7. The van der Waals surface area contributed by atoms with Crippen molar-refractivity contribution >= 4 is 39.4 Å². The van der Waals surface area contributed by atoms with Crippen LogP contribution in [0.2, 0.25) is 0 Å². The number of thiazole rings is 1. The molecule has 174 valence electrons. The van der Waals surface area contributed by atoms with Gasteiger partial charge in [0.15, 0.2) is 11.2 Å². The fourth-order valence-electron chi connectivity index (χ4n) is 3.55. The Hall–Kier alpha value is -4.30. The molecule has 1 unspecified atom stereocenters. The Morgan fingerprint density at radius 2 is 1.74 bits per heavy atom. The molecule has 8 heteroatoms. The smallest absolute Gasteiger partial charge is 0.338 e. The minimum atomic E-state index is -0.994. The number of imidazole rings is 1. The molecule has 5 aromatic rings. The number of carbonyl (C=O) groups is 2. The van der Waals surface area contributed by atoms with E-state index in [1.165, 1.54) is 18.3 Å². The van der Waals surface area contributed by atoms with Crippen molar-refractivity contribution in [1.29, 1.82) is 0 Å². The summed E-state index contributed by atoms with van der Waals surface area (Å²) < 4.78 is 5.41. The van der Waals surface area contributed by atoms with Gasteiger partial charge in [-0.3, -0.25) is 10.1 Å². The Morgan fingerprint density at radius 3 is 2.51 bits per heavy atom. The first-order valence-corrected chi connectivity index (χ1v) is 11.9. The molecule has 0 aliphatic carbocycles. The van der Waals surface area contributed by atoms with E-state index in [2.05, 4.69) is 20.3 Å². The van der Waals surface area contributed by atoms with Crippen molar-refractivity contribution in [3.8, 4) is 22.6 Å². The summed E-state index contributed by atoms with van der Waals surface area (Å²) in [6.07, 6.45) is -0.994. The van der Waals surface area contributed by atoms with Gasteiger partial charge in [0.2, 0.25) is 0 Å². The molecule has 7 nitrogen and oxygen atoms in total. The molecule has 2 N–H and O–H groups in total. The SMILES string of the molecule is Cc1ccc(-c2csc(NC(=O)C(C)OC(=O)c3ccc4nc(-c5ccccc5)[nH]c4c3)n2)cc1. The summed E-state index contributed by atoms with van der Waals surface area (Å²) in [7, 11) is 0. The van der Waals surface area contributed by atoms with E-state index in [4.69, 9.17) is 4.74 Å². The zero-order valence-electron chi connectivity index (χ0n) is 19.1. The van der Waals surface area contributed by atoms with Crippen molar-refractivity contribution in [2.24, 2.45) is 0 Å². The van der Waals surface area contributed by atoms with Crippen molar-refractivity contribution < 1.29 is 14.3 Å². The normalized spacial score (nSPS) is 11.8. The number of aromatic nitrogens is 3. The van der Waals surface area contributed by atoms with E-state index < -0.39 is 18.0 Å². The number of esters is 1. The van der Waals surface area contributed by atoms with Crippen molar-refractivity contribution in [1.82, 2.24) is 15.0 Å². The Bertz CT molecular complexity index is 1510. The summed E-state index contributed by atoms with van der Waals surface area (Å²) in [5, 5.41) is 5.05. The lowest BCUT2D eigenvalue weighted by Gasteiger charge is -2.12. The van der Waals surface area contributed by atoms with E-state index in [-0.39, 0.29) is 0 Å². The summed E-state index contributed by atoms with van der Waals surface area (Å²) >= 11 is 1.32. The van der Waals surface area contributed by atoms with Gasteiger partial charge in [0.25, 0.3) is 5.91 Å². The van der Waals surface area contributed by atoms with Crippen LogP contribution < -0.4 is 5.32 Å². The van der Waals surface area contributed by atoms with Crippen LogP contribution in [0.25, 0.3) is 33.7 Å². The Kier molecular flexibility index (Phi) is 6.12. The van der Waals surface area contributed by atoms with Crippen molar-refractivity contribution in [2.45, 2.75) is 20.0 Å². The predicted octanol–water partition coefficient (Wildman–Crippen LogP) is 5.85. The summed E-state index contributed by atoms with van der Waals surface area (Å²) in [6, 6.07) is 22.8. The van der Waals surface area contributed by atoms with Gasteiger partial charge in [-0.15, -0.1) is 11.3 Å². The number of amides is 1. The average Bonchev–Trinajstić information content (AvgIpc) is 3.51. The van der Waals surface area contributed by atoms with Crippen LogP contribution >= 0.6 is 11.3 Å². The van der Waals surface area contributed by atoms with E-state index >= 15 is 0 Å². The Morgan fingerprint density at radius 1 is 0.971 bits per heavy atom. The van der Waals surface area contributed by atoms with Crippen LogP contribution in [-0.4, -0.2) is 32.9 Å². The number of hydrogen-bond acceptors (Lipinski definition) is 6. The molecule has 0 radical (unpaired) electrons. The quantitative estimate of drug-likeness (QED) is 0.296. The zero-order chi connectivity index (χ0) is 24.4. The highest BCUT2D eigenvalue weighted by atomic mass is 32.1. The van der Waals surface area contributed by atoms with Crippen LogP contribution in [0.1, 0.15) is 22.8 Å². The van der Waals surface area contributed by atoms with Gasteiger partial charge in [-0.1, -0.05) is 60.2 Å². The molecule has 0 aliphatic rings. The van der Waals surface area contributed by atoms with Crippen LogP contribution in [0.5, 0.6) is 0 Å². The Balaban J connectivity index is 1.24. The number of nitrogens with zero attached hydrogens (tertiary/aromatic N) is 2. The van der Waals surface area contributed by atoms with Gasteiger partial charge in [0.1, 0.15) is 5.82 Å². The number of fused-ring (bicyclic) bond motifs is 1. The first kappa shape index (κ1) is 22.5. The molecule has 0 bridgehead atoms. The summed E-state index contributed by atoms with van der Waals surface area (Å²) in [6.45, 7) is 3.55. The van der Waals surface area contributed by atoms with E-state index in [0.29, 0.717) is 22.0 Å². The largest absolute Gasteiger partial charge is 0.449 e. The lowest BCUT2D eigenvalue weighted by Crippen LogP contribution is -2.29. The summed E-state index contributed by atoms with van der Waals surface area (Å²) in [5.41, 5.74) is 5.63. The van der Waals surface area contributed by atoms with Gasteiger partial charge >= 0.3 is 5.97 Å². The van der Waals surface area contributed by atoms with Crippen molar-refractivity contribution in [3.63, 3.8) is 0 Å². The lowest BCUT2D eigenvalue weighted by atomic mass is 10.1. The van der Waals surface area contributed by atoms with Crippen LogP contribution in [-0.2, 0) is 9.53 Å². The Labute approximate surface area is 205 Å². The second-order valence-corrected chi connectivity index (χ2v) is 8.98. The molecule has 0 spiro atoms. The highest BCUT2D eigenvalue weighted by molar-refractivity contribution is 7.14. The number of aromatic amines is 1. The molecule has 5 rings (SSSR count). The third-order valence-corrected chi connectivity index (χ3v) is 6.26. The van der Waals surface area contributed by atoms with E-state index in [0.717, 1.165) is 27.9 Å². The topological polar surface area (TPSA) is 97.0 Å². The maximum atomic E-state index is 12.7. The molecule has 2 aromatic heterocycles. The lowest BCUT2D eigenvalue weighted by molar-refractivity contribution is -0.123. The molecule has 2 heterocycles. The molecular formula is C27H22N4O3S. The molecule has 0 fully saturated rings. The highest BCUT2D eigenvalue weighted by Gasteiger charge is 2.21. The summed E-state index contributed by atoms with van der Waals surface area (Å²) in [5.74, 6) is -0.325. The van der Waals surface area contributed by atoms with Gasteiger partial charge in [-0.25, -0.2) is 14.8 Å². The van der Waals surface area contributed by atoms with Gasteiger partial charge in [0, 0.05) is 16.5 Å². The van der Waals surface area contributed by atoms with Gasteiger partial charge in [0.05, 0.1) is 22.3 Å². The zero-order valence-corrected chi connectivity index (χ0v) is 19.9. The number of carbonyl (C=O) groups excluding carboxylic acids is 2. The number of benzene rings is 3. The highest BCUT2D eigenvalue weighted by Crippen LogP contribution is 2.26. The molecule has 0 aliphatic heterocycles. The number of aryl methyl sites for hydroxylation is 1. The number of rotatable bonds is 6. The van der Waals surface area contributed by atoms with Gasteiger partial charge < -0.3 is 9.72 Å². The summed E-state index contributed by atoms with van der Waals surface area (Å²) in [4.78, 5) is 37.6. The van der Waals surface area contributed by atoms with E-state index in [1.54, 1.807) is 18.2 Å². The fourth-order valence-corrected chi connectivity index (χ4v) is 4.27. The van der Waals surface area contributed by atoms with Crippen LogP contribution in [0.4, 0.5) is 5.13 Å². The minimum absolute atomic E-state index is 0.330. The van der Waals surface area contributed by atoms with Crippen molar-refractivity contribution in [3.05, 3.63) is 89.3 Å². The predicted molar refractivity (Wildman–Crippen MR) is 137 cm³/mol. The fraction of sp³-hybridized carbons (Fsp3) is 0.111. The molecule has 3 aromatic carbocycles. The monoisotopic (exact) mass is 482 g/mol. The van der Waals surface area contributed by atoms with E-state index in [9.17, 15) is 9.59 Å². The van der Waals surface area contributed by atoms with Crippen molar-refractivity contribution in [2.75, 3.05) is 5.32 Å². The molecule has 0 saturated carbocycles. The number of H-pyrrole nitrogens is 1. The standard InChI is InChI=1S/C27H22N4O3S/c1-16-8-10-18(11-9-16)23-15-35-27(30-23)31-25(32)17(2)34-26(33)20-12-13-21-22(14-20)29-24(28-21)19-6-4-3-5-7-19/h3-15,17H,1-2H3,(H,28,29)(H,30,31,32).